The number of amides is 4. The van der Waals surface area contributed by atoms with Crippen LogP contribution in [0.3, 0.4) is 0 Å². The maximum absolute atomic E-state index is 13.3. The van der Waals surface area contributed by atoms with Gasteiger partial charge in [-0.3, -0.25) is 38.4 Å². The number of carboxylic acids is 4. The number of Topliss-reactive ketones (excluding diaryl/α,β-unsaturated/α-hetero) is 1. The van der Waals surface area contributed by atoms with E-state index in [0.29, 0.717) is 0 Å². The SMILES string of the molecule is N[C@@H](CCC(=O)[C@H](Cc1ccccc1)NC(=O)CCOCCOCCNC(=O)CC[C@H](NC(=S)N[C@@H](CCC(=O)O)OC=O)C(=O)O)C(=O)N[C@@H](CC(=O)O)C(=O)N[C@@H](CS)C(=O)O. The van der Waals surface area contributed by atoms with Gasteiger partial charge in [0, 0.05) is 38.0 Å². The van der Waals surface area contributed by atoms with Gasteiger partial charge in [-0.25, -0.2) is 9.59 Å². The fraction of sp³-hybridized carbons (Fsp3) is 0.553. The Balaban J connectivity index is 2.52. The second-order valence-corrected chi connectivity index (χ2v) is 14.5. The van der Waals surface area contributed by atoms with Gasteiger partial charge in [0.15, 0.2) is 17.1 Å². The fourth-order valence-corrected chi connectivity index (χ4v) is 5.82. The van der Waals surface area contributed by atoms with Crippen molar-refractivity contribution in [1.29, 1.82) is 0 Å². The number of rotatable bonds is 35. The summed E-state index contributed by atoms with van der Waals surface area (Å²) in [6.45, 7) is 0.377. The molecule has 0 spiro atoms. The molecule has 0 radical (unpaired) electrons. The second-order valence-electron chi connectivity index (χ2n) is 13.7. The van der Waals surface area contributed by atoms with Crippen molar-refractivity contribution < 1.29 is 82.6 Å². The number of benzene rings is 1. The Bertz CT molecular complexity index is 1740. The minimum atomic E-state index is -1.67. The van der Waals surface area contributed by atoms with Crippen LogP contribution in [-0.2, 0) is 68.6 Å². The van der Waals surface area contributed by atoms with Crippen LogP contribution in [0.1, 0.15) is 56.9 Å². The topological polar surface area (TPSA) is 378 Å². The van der Waals surface area contributed by atoms with Gasteiger partial charge in [-0.15, -0.1) is 0 Å². The number of hydrogen-bond donors (Lipinski definition) is 12. The van der Waals surface area contributed by atoms with E-state index in [1.807, 2.05) is 0 Å². The molecule has 0 saturated heterocycles. The van der Waals surface area contributed by atoms with E-state index in [1.54, 1.807) is 30.3 Å². The molecule has 0 heterocycles. The summed E-state index contributed by atoms with van der Waals surface area (Å²) in [4.78, 5) is 119. The minimum absolute atomic E-state index is 0.0413. The van der Waals surface area contributed by atoms with Crippen LogP contribution < -0.4 is 37.6 Å². The number of carbonyl (C=O) groups excluding carboxylic acids is 6. The molecule has 12 N–H and O–H groups in total. The third-order valence-corrected chi connectivity index (χ3v) is 9.26. The van der Waals surface area contributed by atoms with Crippen LogP contribution in [0.15, 0.2) is 30.3 Å². The molecule has 0 aliphatic carbocycles. The summed E-state index contributed by atoms with van der Waals surface area (Å²) in [5.74, 6) is -9.19. The lowest BCUT2D eigenvalue weighted by atomic mass is 9.97. The van der Waals surface area contributed by atoms with Gasteiger partial charge in [-0.1, -0.05) is 30.3 Å². The van der Waals surface area contributed by atoms with Crippen molar-refractivity contribution in [3.63, 3.8) is 0 Å². The van der Waals surface area contributed by atoms with Crippen LogP contribution in [-0.4, -0.2) is 160 Å². The van der Waals surface area contributed by atoms with Crippen molar-refractivity contribution in [2.24, 2.45) is 5.73 Å². The molecule has 1 aromatic rings. The maximum Gasteiger partial charge on any atom is 0.327 e. The quantitative estimate of drug-likeness (QED) is 0.0110. The Morgan fingerprint density at radius 2 is 1.31 bits per heavy atom. The fourth-order valence-electron chi connectivity index (χ4n) is 5.30. The first-order valence-electron chi connectivity index (χ1n) is 19.7. The number of thiocarbonyl (C=S) groups is 1. The third kappa shape index (κ3) is 25.2. The predicted octanol–water partition coefficient (Wildman–Crippen LogP) is -2.55. The van der Waals surface area contributed by atoms with Crippen LogP contribution in [0.25, 0.3) is 0 Å². The molecule has 0 aliphatic rings. The number of hydrogen-bond acceptors (Lipinski definition) is 16. The van der Waals surface area contributed by atoms with Gasteiger partial charge in [0.1, 0.15) is 18.1 Å². The van der Waals surface area contributed by atoms with E-state index in [2.05, 4.69) is 44.5 Å². The standard InChI is InChI=1S/C38H55N7O17S2/c39-23(34(54)42-26(19-33(52)53)35(55)43-27(20-63)37(58)59)6-8-28(47)25(18-22-4-2-1-3-5-22)41-30(49)12-14-60-16-17-61-15-13-40-29(48)9-7-24(36(56)57)44-38(64)45-31(62-21-46)10-11-32(50)51/h1-5,21,23-27,31,63H,6-20,39H2,(H,40,48)(H,41,49)(H,42,54)(H,43,55)(H,50,51)(H,52,53)(H,56,57)(H,58,59)(H2,44,45,64)/t23-,24-,25-,26-,27-,31+/m0/s1. The number of nitrogens with two attached hydrogens (primary N) is 1. The number of ketones is 1. The average Bonchev–Trinajstić information content (AvgIpc) is 3.23. The Morgan fingerprint density at radius 1 is 0.672 bits per heavy atom. The summed E-state index contributed by atoms with van der Waals surface area (Å²) in [5.41, 5.74) is 6.69. The molecule has 356 valence electrons. The van der Waals surface area contributed by atoms with Crippen molar-refractivity contribution in [2.75, 3.05) is 38.7 Å². The van der Waals surface area contributed by atoms with Crippen LogP contribution in [0.2, 0.25) is 0 Å². The molecule has 0 fully saturated rings. The Labute approximate surface area is 377 Å². The number of nitrogens with one attached hydrogen (secondary N) is 6. The number of carbonyl (C=O) groups is 10. The van der Waals surface area contributed by atoms with Gasteiger partial charge in [0.05, 0.1) is 51.4 Å². The minimum Gasteiger partial charge on any atom is -0.481 e. The van der Waals surface area contributed by atoms with Crippen molar-refractivity contribution in [2.45, 2.75) is 94.2 Å². The molecule has 1 rings (SSSR count). The first-order valence-corrected chi connectivity index (χ1v) is 20.7. The molecule has 0 aromatic heterocycles. The van der Waals surface area contributed by atoms with E-state index in [9.17, 15) is 58.2 Å². The Kier molecular flexibility index (Phi) is 27.9. The molecule has 4 amide bonds. The molecule has 26 heteroatoms. The lowest BCUT2D eigenvalue weighted by Crippen LogP contribution is -2.55. The molecular weight excluding hydrogens is 891 g/mol. The van der Waals surface area contributed by atoms with E-state index in [-0.39, 0.29) is 102 Å². The summed E-state index contributed by atoms with van der Waals surface area (Å²) in [5, 5.41) is 50.9. The van der Waals surface area contributed by atoms with Gasteiger partial charge >= 0.3 is 23.9 Å². The summed E-state index contributed by atoms with van der Waals surface area (Å²) >= 11 is 8.85. The van der Waals surface area contributed by atoms with Crippen molar-refractivity contribution in [3.05, 3.63) is 35.9 Å². The molecule has 0 unspecified atom stereocenters. The number of aliphatic carboxylic acids is 4. The zero-order valence-corrected chi connectivity index (χ0v) is 36.3. The van der Waals surface area contributed by atoms with E-state index in [4.69, 9.17) is 42.4 Å². The van der Waals surface area contributed by atoms with E-state index in [0.717, 1.165) is 5.56 Å². The van der Waals surface area contributed by atoms with Crippen LogP contribution in [0, 0.1) is 0 Å². The third-order valence-electron chi connectivity index (χ3n) is 8.66. The highest BCUT2D eigenvalue weighted by atomic mass is 32.1. The molecule has 1 aromatic carbocycles. The maximum atomic E-state index is 13.3. The van der Waals surface area contributed by atoms with Crippen LogP contribution in [0.4, 0.5) is 0 Å². The van der Waals surface area contributed by atoms with Crippen molar-refractivity contribution in [3.8, 4) is 0 Å². The summed E-state index contributed by atoms with van der Waals surface area (Å²) in [6, 6.07) is 1.93. The van der Waals surface area contributed by atoms with Gasteiger partial charge in [-0.05, 0) is 37.0 Å². The van der Waals surface area contributed by atoms with Gasteiger partial charge < -0.3 is 72.3 Å². The highest BCUT2D eigenvalue weighted by Crippen LogP contribution is 2.09. The average molecular weight is 946 g/mol. The highest BCUT2D eigenvalue weighted by Gasteiger charge is 2.30. The number of ether oxygens (including phenoxy) is 3. The second kappa shape index (κ2) is 31.8. The Morgan fingerprint density at radius 3 is 1.91 bits per heavy atom. The lowest BCUT2D eigenvalue weighted by Gasteiger charge is -2.22. The smallest absolute Gasteiger partial charge is 0.327 e. The van der Waals surface area contributed by atoms with Crippen molar-refractivity contribution in [1.82, 2.24) is 31.9 Å². The molecule has 0 saturated carbocycles. The van der Waals surface area contributed by atoms with E-state index in [1.165, 1.54) is 0 Å². The first kappa shape index (κ1) is 56.1. The largest absolute Gasteiger partial charge is 0.481 e. The van der Waals surface area contributed by atoms with Crippen molar-refractivity contribution >= 4 is 89.7 Å². The predicted molar refractivity (Wildman–Crippen MR) is 228 cm³/mol. The van der Waals surface area contributed by atoms with Gasteiger partial charge in [-0.2, -0.15) is 12.6 Å². The molecule has 0 aliphatic heterocycles. The zero-order valence-electron chi connectivity index (χ0n) is 34.6. The van der Waals surface area contributed by atoms with Crippen LogP contribution in [0.5, 0.6) is 0 Å². The van der Waals surface area contributed by atoms with Gasteiger partial charge in [0.25, 0.3) is 6.47 Å². The zero-order chi connectivity index (χ0) is 48.0. The first-order chi connectivity index (χ1) is 30.4. The monoisotopic (exact) mass is 945 g/mol. The summed E-state index contributed by atoms with van der Waals surface area (Å²) < 4.78 is 15.6. The number of thiol groups is 1. The molecule has 24 nitrogen and oxygen atoms in total. The van der Waals surface area contributed by atoms with Gasteiger partial charge in [0.2, 0.25) is 23.6 Å². The highest BCUT2D eigenvalue weighted by molar-refractivity contribution is 7.80. The number of carboxylic acid groups (broad SMARTS) is 4. The molecule has 6 atom stereocenters. The molecular formula is C38H55N7O17S2. The molecule has 0 bridgehead atoms. The molecule has 64 heavy (non-hydrogen) atoms. The lowest BCUT2D eigenvalue weighted by molar-refractivity contribution is -0.143. The summed E-state index contributed by atoms with van der Waals surface area (Å²) in [6.07, 6.45) is -3.43. The van der Waals surface area contributed by atoms with Crippen LogP contribution >= 0.6 is 24.8 Å². The van der Waals surface area contributed by atoms with E-state index < -0.39 is 96.1 Å². The normalized spacial score (nSPS) is 13.5. The summed E-state index contributed by atoms with van der Waals surface area (Å²) in [7, 11) is 0. The Hall–Kier alpha value is -5.96. The van der Waals surface area contributed by atoms with E-state index >= 15 is 0 Å².